The molecule has 1 saturated carbocycles. The summed E-state index contributed by atoms with van der Waals surface area (Å²) in [4.78, 5) is 27.2. The van der Waals surface area contributed by atoms with Crippen molar-refractivity contribution in [3.8, 4) is 0 Å². The lowest BCUT2D eigenvalue weighted by molar-refractivity contribution is -0.164. The highest BCUT2D eigenvalue weighted by Gasteiger charge is 2.65. The van der Waals surface area contributed by atoms with Crippen LogP contribution in [0.5, 0.6) is 0 Å². The van der Waals surface area contributed by atoms with Gasteiger partial charge in [0.1, 0.15) is 5.60 Å². The van der Waals surface area contributed by atoms with Crippen LogP contribution in [0.1, 0.15) is 46.0 Å². The molecule has 1 N–H and O–H groups in total. The topological polar surface area (TPSA) is 83.4 Å². The zero-order valence-corrected chi connectivity index (χ0v) is 16.8. The van der Waals surface area contributed by atoms with Crippen LogP contribution in [0.2, 0.25) is 0 Å². The SMILES string of the molecule is CC1(C)CC(=O)C2=C(C1)NC1=C(CN=N1)C21COC2(CN(C(=O)C3(F)CC3)C2)C1. The van der Waals surface area contributed by atoms with Gasteiger partial charge in [-0.1, -0.05) is 13.8 Å². The second-order valence-electron chi connectivity index (χ2n) is 10.5. The first-order valence-electron chi connectivity index (χ1n) is 10.4. The highest BCUT2D eigenvalue weighted by molar-refractivity contribution is 6.00. The molecule has 2 aliphatic carbocycles. The maximum Gasteiger partial charge on any atom is 0.260 e. The summed E-state index contributed by atoms with van der Waals surface area (Å²) in [5.41, 5.74) is 0.00307. The van der Waals surface area contributed by atoms with Crippen molar-refractivity contribution in [3.05, 3.63) is 22.7 Å². The number of hydrogen-bond acceptors (Lipinski definition) is 6. The van der Waals surface area contributed by atoms with Crippen LogP contribution in [0.25, 0.3) is 0 Å². The normalized spacial score (nSPS) is 35.0. The van der Waals surface area contributed by atoms with Crippen molar-refractivity contribution in [2.45, 2.75) is 57.2 Å². The van der Waals surface area contributed by atoms with E-state index < -0.39 is 22.6 Å². The second-order valence-corrected chi connectivity index (χ2v) is 10.5. The zero-order valence-electron chi connectivity index (χ0n) is 16.8. The first-order valence-corrected chi connectivity index (χ1v) is 10.4. The van der Waals surface area contributed by atoms with E-state index in [9.17, 15) is 14.0 Å². The number of dihydropyridines is 1. The Kier molecular flexibility index (Phi) is 3.15. The number of ketones is 1. The minimum atomic E-state index is -1.65. The molecule has 4 aliphatic heterocycles. The second kappa shape index (κ2) is 5.14. The standard InChI is InChI=1S/C21H25FN4O3/c1-18(2)5-13-15(14(27)6-18)20(12-7-23-25-16(12)24-13)8-19(29-11-20)9-26(10-19)17(28)21(22)3-4-21/h24H,3-11H2,1-2H3. The number of nitrogens with zero attached hydrogens (tertiary/aromatic N) is 3. The van der Waals surface area contributed by atoms with E-state index in [4.69, 9.17) is 4.74 Å². The number of azo groups is 1. The molecule has 1 amide bonds. The molecular formula is C21H25FN4O3. The number of likely N-dealkylation sites (tertiary alicyclic amines) is 1. The Morgan fingerprint density at radius 2 is 2.00 bits per heavy atom. The highest BCUT2D eigenvalue weighted by Crippen LogP contribution is 2.59. The molecule has 3 fully saturated rings. The van der Waals surface area contributed by atoms with Crippen LogP contribution in [-0.2, 0) is 14.3 Å². The van der Waals surface area contributed by atoms with Gasteiger partial charge < -0.3 is 15.0 Å². The fourth-order valence-corrected chi connectivity index (χ4v) is 5.95. The molecule has 1 unspecified atom stereocenters. The van der Waals surface area contributed by atoms with Crippen molar-refractivity contribution in [3.63, 3.8) is 0 Å². The molecule has 0 aromatic carbocycles. The maximum atomic E-state index is 14.2. The molecule has 0 bridgehead atoms. The number of allylic oxidation sites excluding steroid dienone is 1. The molecule has 8 heteroatoms. The van der Waals surface area contributed by atoms with E-state index in [1.807, 2.05) is 0 Å². The van der Waals surface area contributed by atoms with E-state index in [0.717, 1.165) is 29.1 Å². The van der Waals surface area contributed by atoms with E-state index in [-0.39, 0.29) is 11.2 Å². The van der Waals surface area contributed by atoms with Crippen LogP contribution >= 0.6 is 0 Å². The van der Waals surface area contributed by atoms with Crippen LogP contribution in [0.15, 0.2) is 32.9 Å². The van der Waals surface area contributed by atoms with Crippen LogP contribution in [0.4, 0.5) is 4.39 Å². The van der Waals surface area contributed by atoms with Gasteiger partial charge in [-0.15, -0.1) is 5.11 Å². The van der Waals surface area contributed by atoms with Crippen LogP contribution in [0, 0.1) is 10.8 Å². The number of carbonyl (C=O) groups excluding carboxylic acids is 2. The van der Waals surface area contributed by atoms with Gasteiger partial charge in [-0.2, -0.15) is 5.11 Å². The summed E-state index contributed by atoms with van der Waals surface area (Å²) in [6.07, 6.45) is 2.56. The summed E-state index contributed by atoms with van der Waals surface area (Å²) in [7, 11) is 0. The first kappa shape index (κ1) is 17.7. The Bertz CT molecular complexity index is 955. The lowest BCUT2D eigenvalue weighted by Crippen LogP contribution is -2.65. The predicted molar refractivity (Wildman–Crippen MR) is 100 cm³/mol. The van der Waals surface area contributed by atoms with E-state index >= 15 is 0 Å². The van der Waals surface area contributed by atoms with Gasteiger partial charge in [-0.25, -0.2) is 4.39 Å². The summed E-state index contributed by atoms with van der Waals surface area (Å²) >= 11 is 0. The van der Waals surface area contributed by atoms with Gasteiger partial charge in [0.05, 0.1) is 31.7 Å². The fraction of sp³-hybridized carbons (Fsp3) is 0.714. The molecule has 4 heterocycles. The summed E-state index contributed by atoms with van der Waals surface area (Å²) in [6.45, 7) is 5.86. The minimum Gasteiger partial charge on any atom is -0.370 e. The first-order chi connectivity index (χ1) is 13.7. The number of carbonyl (C=O) groups is 2. The molecule has 154 valence electrons. The van der Waals surface area contributed by atoms with E-state index in [1.165, 1.54) is 0 Å². The van der Waals surface area contributed by atoms with Crippen LogP contribution in [-0.4, -0.2) is 54.1 Å². The van der Waals surface area contributed by atoms with Crippen molar-refractivity contribution in [1.29, 1.82) is 0 Å². The fourth-order valence-electron chi connectivity index (χ4n) is 5.95. The molecule has 0 aromatic rings. The number of alkyl halides is 1. The average Bonchev–Trinajstić information content (AvgIpc) is 3.02. The lowest BCUT2D eigenvalue weighted by Gasteiger charge is -2.49. The molecule has 0 radical (unpaired) electrons. The molecule has 2 saturated heterocycles. The van der Waals surface area contributed by atoms with Gasteiger partial charge in [0, 0.05) is 23.3 Å². The van der Waals surface area contributed by atoms with Crippen LogP contribution < -0.4 is 5.32 Å². The minimum absolute atomic E-state index is 0.103. The zero-order chi connectivity index (χ0) is 20.2. The van der Waals surface area contributed by atoms with Crippen molar-refractivity contribution in [2.75, 3.05) is 26.2 Å². The van der Waals surface area contributed by atoms with Gasteiger partial charge in [0.2, 0.25) is 0 Å². The van der Waals surface area contributed by atoms with Gasteiger partial charge in [-0.05, 0) is 31.1 Å². The summed E-state index contributed by atoms with van der Waals surface area (Å²) in [5, 5.41) is 11.9. The number of hydrogen-bond donors (Lipinski definition) is 1. The van der Waals surface area contributed by atoms with Gasteiger partial charge in [0.25, 0.3) is 5.91 Å². The monoisotopic (exact) mass is 400 g/mol. The molecule has 1 atom stereocenters. The van der Waals surface area contributed by atoms with E-state index in [0.29, 0.717) is 51.9 Å². The molecule has 0 aromatic heterocycles. The van der Waals surface area contributed by atoms with Gasteiger partial charge in [0.15, 0.2) is 17.3 Å². The number of amides is 1. The number of rotatable bonds is 1. The maximum absolute atomic E-state index is 14.2. The Labute approximate surface area is 168 Å². The summed E-state index contributed by atoms with van der Waals surface area (Å²) < 4.78 is 20.5. The number of fused-ring (bicyclic) bond motifs is 2. The third-order valence-electron chi connectivity index (χ3n) is 7.45. The quantitative estimate of drug-likeness (QED) is 0.733. The Morgan fingerprint density at radius 3 is 2.72 bits per heavy atom. The Hall–Kier alpha value is -2.09. The molecule has 29 heavy (non-hydrogen) atoms. The molecule has 6 aliphatic rings. The van der Waals surface area contributed by atoms with Crippen molar-refractivity contribution in [1.82, 2.24) is 10.2 Å². The van der Waals surface area contributed by atoms with Crippen molar-refractivity contribution >= 4 is 11.7 Å². The van der Waals surface area contributed by atoms with E-state index in [2.05, 4.69) is 29.4 Å². The lowest BCUT2D eigenvalue weighted by atomic mass is 9.61. The third-order valence-corrected chi connectivity index (χ3v) is 7.45. The van der Waals surface area contributed by atoms with Crippen molar-refractivity contribution in [2.24, 2.45) is 21.1 Å². The largest absolute Gasteiger partial charge is 0.370 e. The third kappa shape index (κ3) is 2.32. The smallest absolute Gasteiger partial charge is 0.260 e. The highest BCUT2D eigenvalue weighted by atomic mass is 19.1. The molecular weight excluding hydrogens is 375 g/mol. The summed E-state index contributed by atoms with van der Waals surface area (Å²) in [6, 6.07) is 0. The number of Topliss-reactive ketones (excluding diaryl/α,β-unsaturated/α-hetero) is 1. The Balaban J connectivity index is 1.33. The van der Waals surface area contributed by atoms with Crippen molar-refractivity contribution < 1.29 is 18.7 Å². The number of nitrogens with one attached hydrogen (secondary N) is 1. The molecule has 6 rings (SSSR count). The number of ether oxygens (including phenoxy) is 1. The molecule has 2 spiro atoms. The van der Waals surface area contributed by atoms with E-state index in [1.54, 1.807) is 4.90 Å². The molecule has 7 nitrogen and oxygen atoms in total. The van der Waals surface area contributed by atoms with Crippen LogP contribution in [0.3, 0.4) is 0 Å². The Morgan fingerprint density at radius 1 is 1.24 bits per heavy atom. The number of halogens is 1. The van der Waals surface area contributed by atoms with Gasteiger partial charge >= 0.3 is 0 Å². The summed E-state index contributed by atoms with van der Waals surface area (Å²) in [5.74, 6) is 0.512. The van der Waals surface area contributed by atoms with Gasteiger partial charge in [-0.3, -0.25) is 9.59 Å². The average molecular weight is 400 g/mol. The predicted octanol–water partition coefficient (Wildman–Crippen LogP) is 2.40.